The Kier molecular flexibility index (Phi) is 3.69. The molecular formula is C13H20N6. The van der Waals surface area contributed by atoms with Gasteiger partial charge in [-0.25, -0.2) is 15.0 Å². The van der Waals surface area contributed by atoms with Gasteiger partial charge in [0.05, 0.1) is 6.54 Å². The van der Waals surface area contributed by atoms with Gasteiger partial charge in [-0.05, 0) is 6.92 Å². The maximum atomic E-state index is 5.94. The van der Waals surface area contributed by atoms with Crippen molar-refractivity contribution in [1.29, 1.82) is 0 Å². The molecule has 0 aliphatic rings. The smallest absolute Gasteiger partial charge is 0.137 e. The van der Waals surface area contributed by atoms with Crippen LogP contribution in [0.2, 0.25) is 0 Å². The number of imidazole rings is 1. The molecule has 0 bridgehead atoms. The van der Waals surface area contributed by atoms with Crippen LogP contribution in [0.25, 0.3) is 0 Å². The van der Waals surface area contributed by atoms with Crippen LogP contribution >= 0.6 is 0 Å². The van der Waals surface area contributed by atoms with Gasteiger partial charge in [-0.1, -0.05) is 6.92 Å². The summed E-state index contributed by atoms with van der Waals surface area (Å²) in [5.41, 5.74) is 6.85. The van der Waals surface area contributed by atoms with Gasteiger partial charge in [0.1, 0.15) is 23.3 Å². The zero-order valence-corrected chi connectivity index (χ0v) is 11.9. The summed E-state index contributed by atoms with van der Waals surface area (Å²) in [6.07, 6.45) is 4.50. The minimum Gasteiger partial charge on any atom is -0.383 e. The van der Waals surface area contributed by atoms with Crippen molar-refractivity contribution >= 4 is 11.6 Å². The number of aryl methyl sites for hydroxylation is 2. The van der Waals surface area contributed by atoms with Crippen molar-refractivity contribution < 1.29 is 0 Å². The number of hydrogen-bond donors (Lipinski definition) is 1. The van der Waals surface area contributed by atoms with E-state index in [4.69, 9.17) is 5.73 Å². The van der Waals surface area contributed by atoms with E-state index < -0.39 is 0 Å². The number of anilines is 2. The molecule has 2 aromatic heterocycles. The second-order valence-electron chi connectivity index (χ2n) is 4.64. The highest BCUT2D eigenvalue weighted by Crippen LogP contribution is 2.21. The summed E-state index contributed by atoms with van der Waals surface area (Å²) >= 11 is 0. The van der Waals surface area contributed by atoms with Crippen molar-refractivity contribution in [3.63, 3.8) is 0 Å². The molecule has 0 spiro atoms. The highest BCUT2D eigenvalue weighted by atomic mass is 15.2. The lowest BCUT2D eigenvalue weighted by molar-refractivity contribution is 0.748. The molecule has 0 aliphatic carbocycles. The SMILES string of the molecule is CCc1nc(N)c(C)c(N(C)Cc2nccn2C)n1. The Morgan fingerprint density at radius 2 is 2.11 bits per heavy atom. The van der Waals surface area contributed by atoms with Gasteiger partial charge in [0.25, 0.3) is 0 Å². The van der Waals surface area contributed by atoms with Crippen molar-refractivity contribution in [2.45, 2.75) is 26.8 Å². The molecule has 0 saturated heterocycles. The lowest BCUT2D eigenvalue weighted by Crippen LogP contribution is -2.22. The molecule has 6 nitrogen and oxygen atoms in total. The van der Waals surface area contributed by atoms with Crippen LogP contribution in [0.4, 0.5) is 11.6 Å². The van der Waals surface area contributed by atoms with E-state index in [2.05, 4.69) is 19.9 Å². The van der Waals surface area contributed by atoms with Crippen LogP contribution in [0, 0.1) is 6.92 Å². The minimum atomic E-state index is 0.550. The predicted octanol–water partition coefficient (Wildman–Crippen LogP) is 1.30. The fourth-order valence-electron chi connectivity index (χ4n) is 1.93. The van der Waals surface area contributed by atoms with Crippen molar-refractivity contribution in [3.8, 4) is 0 Å². The standard InChI is InChI=1S/C13H20N6/c1-5-10-16-12(14)9(2)13(17-10)19(4)8-11-15-6-7-18(11)3/h6-7H,5,8H2,1-4H3,(H2,14,16,17). The van der Waals surface area contributed by atoms with Crippen LogP contribution in [0.3, 0.4) is 0 Å². The molecule has 0 unspecified atom stereocenters. The van der Waals surface area contributed by atoms with E-state index in [1.807, 2.05) is 38.7 Å². The molecule has 0 atom stereocenters. The van der Waals surface area contributed by atoms with E-state index in [1.54, 1.807) is 6.20 Å². The summed E-state index contributed by atoms with van der Waals surface area (Å²) < 4.78 is 2.00. The molecule has 2 rings (SSSR count). The maximum Gasteiger partial charge on any atom is 0.137 e. The van der Waals surface area contributed by atoms with Gasteiger partial charge in [0, 0.05) is 38.5 Å². The third kappa shape index (κ3) is 2.67. The van der Waals surface area contributed by atoms with E-state index in [0.717, 1.165) is 29.5 Å². The zero-order chi connectivity index (χ0) is 14.0. The number of nitrogens with zero attached hydrogens (tertiary/aromatic N) is 5. The van der Waals surface area contributed by atoms with Gasteiger partial charge in [-0.15, -0.1) is 0 Å². The molecule has 19 heavy (non-hydrogen) atoms. The highest BCUT2D eigenvalue weighted by Gasteiger charge is 2.13. The summed E-state index contributed by atoms with van der Waals surface area (Å²) in [5, 5.41) is 0. The summed E-state index contributed by atoms with van der Waals surface area (Å²) in [6, 6.07) is 0. The lowest BCUT2D eigenvalue weighted by Gasteiger charge is -2.21. The number of nitrogens with two attached hydrogens (primary N) is 1. The Hall–Kier alpha value is -2.11. The fourth-order valence-corrected chi connectivity index (χ4v) is 1.93. The fraction of sp³-hybridized carbons (Fsp3) is 0.462. The first-order valence-electron chi connectivity index (χ1n) is 6.33. The maximum absolute atomic E-state index is 5.94. The Morgan fingerprint density at radius 3 is 2.68 bits per heavy atom. The normalized spacial score (nSPS) is 10.7. The van der Waals surface area contributed by atoms with E-state index in [1.165, 1.54) is 0 Å². The van der Waals surface area contributed by atoms with Crippen LogP contribution in [-0.4, -0.2) is 26.6 Å². The monoisotopic (exact) mass is 260 g/mol. The van der Waals surface area contributed by atoms with Crippen molar-refractivity contribution in [3.05, 3.63) is 29.6 Å². The third-order valence-electron chi connectivity index (χ3n) is 3.18. The van der Waals surface area contributed by atoms with Crippen LogP contribution < -0.4 is 10.6 Å². The van der Waals surface area contributed by atoms with Crippen LogP contribution in [0.5, 0.6) is 0 Å². The van der Waals surface area contributed by atoms with Gasteiger partial charge < -0.3 is 15.2 Å². The molecule has 2 aromatic rings. The second kappa shape index (κ2) is 5.26. The number of rotatable bonds is 4. The van der Waals surface area contributed by atoms with E-state index >= 15 is 0 Å². The quantitative estimate of drug-likeness (QED) is 0.897. The van der Waals surface area contributed by atoms with Gasteiger partial charge in [-0.2, -0.15) is 0 Å². The summed E-state index contributed by atoms with van der Waals surface area (Å²) in [6.45, 7) is 4.65. The Balaban J connectivity index is 2.30. The molecule has 0 fully saturated rings. The van der Waals surface area contributed by atoms with Gasteiger partial charge in [0.15, 0.2) is 0 Å². The van der Waals surface area contributed by atoms with Crippen molar-refractivity contribution in [2.24, 2.45) is 7.05 Å². The van der Waals surface area contributed by atoms with Gasteiger partial charge in [0.2, 0.25) is 0 Å². The predicted molar refractivity (Wildman–Crippen MR) is 75.9 cm³/mol. The first-order chi connectivity index (χ1) is 9.02. The second-order valence-corrected chi connectivity index (χ2v) is 4.64. The lowest BCUT2D eigenvalue weighted by atomic mass is 10.2. The molecule has 0 radical (unpaired) electrons. The first-order valence-corrected chi connectivity index (χ1v) is 6.33. The summed E-state index contributed by atoms with van der Waals surface area (Å²) in [7, 11) is 3.97. The van der Waals surface area contributed by atoms with E-state index in [0.29, 0.717) is 12.4 Å². The van der Waals surface area contributed by atoms with E-state index in [9.17, 15) is 0 Å². The molecular weight excluding hydrogens is 240 g/mol. The number of hydrogen-bond acceptors (Lipinski definition) is 5. The minimum absolute atomic E-state index is 0.550. The highest BCUT2D eigenvalue weighted by molar-refractivity contribution is 5.56. The molecule has 6 heteroatoms. The summed E-state index contributed by atoms with van der Waals surface area (Å²) in [4.78, 5) is 15.2. The topological polar surface area (TPSA) is 72.9 Å². The molecule has 2 N–H and O–H groups in total. The average molecular weight is 260 g/mol. The Morgan fingerprint density at radius 1 is 1.37 bits per heavy atom. The third-order valence-corrected chi connectivity index (χ3v) is 3.18. The average Bonchev–Trinajstić information content (AvgIpc) is 2.78. The molecule has 0 saturated carbocycles. The Bertz CT molecular complexity index is 575. The summed E-state index contributed by atoms with van der Waals surface area (Å²) in [5.74, 6) is 3.17. The zero-order valence-electron chi connectivity index (χ0n) is 11.9. The molecule has 0 aromatic carbocycles. The van der Waals surface area contributed by atoms with Gasteiger partial charge in [-0.3, -0.25) is 0 Å². The largest absolute Gasteiger partial charge is 0.383 e. The Labute approximate surface area is 113 Å². The number of nitrogen functional groups attached to an aromatic ring is 1. The molecule has 0 amide bonds. The first kappa shape index (κ1) is 13.3. The van der Waals surface area contributed by atoms with Crippen molar-refractivity contribution in [1.82, 2.24) is 19.5 Å². The number of aromatic nitrogens is 4. The molecule has 102 valence electrons. The van der Waals surface area contributed by atoms with Crippen LogP contribution in [0.1, 0.15) is 24.1 Å². The van der Waals surface area contributed by atoms with Gasteiger partial charge >= 0.3 is 0 Å². The molecule has 0 aliphatic heterocycles. The van der Waals surface area contributed by atoms with Crippen LogP contribution in [0.15, 0.2) is 12.4 Å². The van der Waals surface area contributed by atoms with Crippen LogP contribution in [-0.2, 0) is 20.0 Å². The van der Waals surface area contributed by atoms with E-state index in [-0.39, 0.29) is 0 Å². The molecule has 2 heterocycles. The van der Waals surface area contributed by atoms with Crippen molar-refractivity contribution in [2.75, 3.05) is 17.7 Å².